The number of guanidine groups is 1. The lowest BCUT2D eigenvalue weighted by Crippen LogP contribution is -2.39. The molecule has 24 heavy (non-hydrogen) atoms. The first-order valence-corrected chi connectivity index (χ1v) is 6.99. The van der Waals surface area contributed by atoms with Crippen molar-refractivity contribution in [1.82, 2.24) is 4.90 Å². The van der Waals surface area contributed by atoms with Crippen LogP contribution in [0.25, 0.3) is 0 Å². The van der Waals surface area contributed by atoms with Crippen LogP contribution in [0.1, 0.15) is 6.42 Å². The first-order chi connectivity index (χ1) is 10.7. The van der Waals surface area contributed by atoms with Gasteiger partial charge in [-0.25, -0.2) is 4.99 Å². The number of halogens is 4. The first-order valence-electron chi connectivity index (χ1n) is 6.99. The summed E-state index contributed by atoms with van der Waals surface area (Å²) in [6.45, 7) is 1.24. The fourth-order valence-electron chi connectivity index (χ4n) is 3.04. The van der Waals surface area contributed by atoms with Crippen molar-refractivity contribution >= 4 is 29.9 Å². The normalized spacial score (nSPS) is 25.7. The second-order valence-electron chi connectivity index (χ2n) is 5.86. The molecular formula is C14H17ClF3N5O. The highest BCUT2D eigenvalue weighted by atomic mass is 35.5. The molecule has 3 rings (SSSR count). The van der Waals surface area contributed by atoms with Crippen LogP contribution in [0.5, 0.6) is 5.75 Å². The molecule has 1 aromatic carbocycles. The molecule has 1 heterocycles. The summed E-state index contributed by atoms with van der Waals surface area (Å²) in [5.74, 6) is 0.456. The van der Waals surface area contributed by atoms with Gasteiger partial charge in [0.05, 0.1) is 11.1 Å². The van der Waals surface area contributed by atoms with Gasteiger partial charge in [0.25, 0.3) is 0 Å². The molecule has 2 unspecified atom stereocenters. The second kappa shape index (κ2) is 6.04. The predicted molar refractivity (Wildman–Crippen MR) is 85.7 cm³/mol. The number of nitrogens with one attached hydrogen (secondary N) is 1. The highest BCUT2D eigenvalue weighted by Gasteiger charge is 2.63. The Hall–Kier alpha value is -2.16. The van der Waals surface area contributed by atoms with E-state index < -0.39 is 6.36 Å². The van der Waals surface area contributed by atoms with E-state index in [1.54, 1.807) is 4.90 Å². The van der Waals surface area contributed by atoms with Gasteiger partial charge in [-0.2, -0.15) is 0 Å². The van der Waals surface area contributed by atoms with Crippen LogP contribution in [-0.4, -0.2) is 36.1 Å². The van der Waals surface area contributed by atoms with Crippen LogP contribution < -0.4 is 16.2 Å². The Labute approximate surface area is 142 Å². The topological polar surface area (TPSA) is 101 Å². The third-order valence-electron chi connectivity index (χ3n) is 4.32. The molecule has 0 radical (unpaired) electrons. The predicted octanol–water partition coefficient (Wildman–Crippen LogP) is 2.21. The second-order valence-corrected chi connectivity index (χ2v) is 5.86. The average molecular weight is 364 g/mol. The Kier molecular flexibility index (Phi) is 4.58. The monoisotopic (exact) mass is 363 g/mol. The summed E-state index contributed by atoms with van der Waals surface area (Å²) in [6.07, 6.45) is -3.83. The van der Waals surface area contributed by atoms with Crippen molar-refractivity contribution in [3.63, 3.8) is 0 Å². The van der Waals surface area contributed by atoms with E-state index in [9.17, 15) is 13.2 Å². The number of hydrogen-bond donors (Lipinski definition) is 3. The quantitative estimate of drug-likeness (QED) is 0.566. The lowest BCUT2D eigenvalue weighted by atomic mass is 10.1. The van der Waals surface area contributed by atoms with E-state index in [0.29, 0.717) is 30.5 Å². The number of likely N-dealkylation sites (tertiary alicyclic amines) is 1. The number of aliphatic imine (C=N–C) groups is 1. The van der Waals surface area contributed by atoms with Crippen LogP contribution in [0.4, 0.5) is 18.9 Å². The maximum atomic E-state index is 12.1. The number of nitrogens with two attached hydrogens (primary N) is 2. The molecule has 1 aliphatic heterocycles. The summed E-state index contributed by atoms with van der Waals surface area (Å²) in [4.78, 5) is 6.05. The maximum absolute atomic E-state index is 12.1. The van der Waals surface area contributed by atoms with Crippen molar-refractivity contribution in [2.24, 2.45) is 27.8 Å². The molecule has 5 N–H and O–H groups in total. The molecule has 10 heteroatoms. The maximum Gasteiger partial charge on any atom is 0.573 e. The van der Waals surface area contributed by atoms with E-state index in [1.165, 1.54) is 24.3 Å². The van der Waals surface area contributed by atoms with E-state index in [0.717, 1.165) is 6.42 Å². The van der Waals surface area contributed by atoms with Gasteiger partial charge in [-0.05, 0) is 36.6 Å². The molecule has 2 aliphatic rings. The number of piperidine rings is 1. The van der Waals surface area contributed by atoms with Crippen molar-refractivity contribution in [1.29, 1.82) is 5.41 Å². The molecule has 6 nitrogen and oxygen atoms in total. The minimum atomic E-state index is -4.72. The first kappa shape index (κ1) is 18.2. The number of hydrogen-bond acceptors (Lipinski definition) is 3. The number of rotatable bonds is 3. The average Bonchev–Trinajstić information content (AvgIpc) is 3.02. The van der Waals surface area contributed by atoms with Gasteiger partial charge < -0.3 is 21.1 Å². The fourth-order valence-corrected chi connectivity index (χ4v) is 3.04. The lowest BCUT2D eigenvalue weighted by Gasteiger charge is -2.20. The van der Waals surface area contributed by atoms with Crippen LogP contribution in [-0.2, 0) is 0 Å². The van der Waals surface area contributed by atoms with E-state index in [4.69, 9.17) is 16.9 Å². The molecule has 0 spiro atoms. The molecule has 1 saturated carbocycles. The molecule has 0 bridgehead atoms. The van der Waals surface area contributed by atoms with Gasteiger partial charge >= 0.3 is 6.36 Å². The SMILES string of the molecule is Cl.N=C(N)N1CC2CC2(C(N)=Nc2ccc(OC(F)(F)F)cc2)C1. The van der Waals surface area contributed by atoms with Crippen molar-refractivity contribution in [2.45, 2.75) is 12.8 Å². The van der Waals surface area contributed by atoms with Gasteiger partial charge in [0.15, 0.2) is 5.96 Å². The number of fused-ring (bicyclic) bond motifs is 1. The molecule has 1 aromatic rings. The number of nitrogens with zero attached hydrogens (tertiary/aromatic N) is 2. The largest absolute Gasteiger partial charge is 0.573 e. The molecule has 0 aromatic heterocycles. The number of benzene rings is 1. The molecule has 1 saturated heterocycles. The zero-order valence-electron chi connectivity index (χ0n) is 12.5. The number of ether oxygens (including phenoxy) is 1. The van der Waals surface area contributed by atoms with Gasteiger partial charge in [0.1, 0.15) is 11.6 Å². The molecule has 132 valence electrons. The summed E-state index contributed by atoms with van der Waals surface area (Å²) < 4.78 is 40.1. The molecular weight excluding hydrogens is 347 g/mol. The van der Waals surface area contributed by atoms with Gasteiger partial charge in [-0.15, -0.1) is 25.6 Å². The zero-order valence-corrected chi connectivity index (χ0v) is 13.3. The summed E-state index contributed by atoms with van der Waals surface area (Å²) >= 11 is 0. The van der Waals surface area contributed by atoms with Crippen molar-refractivity contribution in [3.05, 3.63) is 24.3 Å². The number of amidine groups is 1. The Morgan fingerprint density at radius 3 is 2.42 bits per heavy atom. The Bertz CT molecular complexity index is 663. The van der Waals surface area contributed by atoms with E-state index >= 15 is 0 Å². The molecule has 1 aliphatic carbocycles. The Morgan fingerprint density at radius 1 is 1.29 bits per heavy atom. The van der Waals surface area contributed by atoms with Crippen LogP contribution >= 0.6 is 12.4 Å². The molecule has 0 amide bonds. The van der Waals surface area contributed by atoms with Crippen molar-refractivity contribution in [3.8, 4) is 5.75 Å². The fraction of sp³-hybridized carbons (Fsp3) is 0.429. The number of alkyl halides is 3. The van der Waals surface area contributed by atoms with Crippen molar-refractivity contribution in [2.75, 3.05) is 13.1 Å². The third-order valence-corrected chi connectivity index (χ3v) is 4.32. The summed E-state index contributed by atoms with van der Waals surface area (Å²) in [7, 11) is 0. The highest BCUT2D eigenvalue weighted by molar-refractivity contribution is 5.93. The summed E-state index contributed by atoms with van der Waals surface area (Å²) in [6, 6.07) is 5.22. The Balaban J connectivity index is 0.00000208. The van der Waals surface area contributed by atoms with Crippen LogP contribution in [0, 0.1) is 16.7 Å². The van der Waals surface area contributed by atoms with Crippen LogP contribution in [0.15, 0.2) is 29.3 Å². The van der Waals surface area contributed by atoms with Crippen LogP contribution in [0.2, 0.25) is 0 Å². The minimum Gasteiger partial charge on any atom is -0.406 e. The van der Waals surface area contributed by atoms with E-state index in [-0.39, 0.29) is 29.5 Å². The smallest absolute Gasteiger partial charge is 0.406 e. The third kappa shape index (κ3) is 3.50. The van der Waals surface area contributed by atoms with E-state index in [1.807, 2.05) is 0 Å². The highest BCUT2D eigenvalue weighted by Crippen LogP contribution is 2.58. The van der Waals surface area contributed by atoms with Gasteiger partial charge in [-0.3, -0.25) is 5.41 Å². The molecule has 2 fully saturated rings. The van der Waals surface area contributed by atoms with E-state index in [2.05, 4.69) is 9.73 Å². The summed E-state index contributed by atoms with van der Waals surface area (Å²) in [5, 5.41) is 7.46. The van der Waals surface area contributed by atoms with Gasteiger partial charge in [0, 0.05) is 13.1 Å². The summed E-state index contributed by atoms with van der Waals surface area (Å²) in [5.41, 5.74) is 11.8. The van der Waals surface area contributed by atoms with Gasteiger partial charge in [0.2, 0.25) is 0 Å². The molecule has 2 atom stereocenters. The zero-order chi connectivity index (χ0) is 16.8. The standard InChI is InChI=1S/C14H16F3N5O.ClH/c15-14(16,17)23-10-3-1-9(2-4-10)21-11(18)13-5-8(13)6-22(7-13)12(19)20;/h1-4,8H,5-7H2,(H2,18,21)(H3,19,20);1H. The van der Waals surface area contributed by atoms with Gasteiger partial charge in [-0.1, -0.05) is 0 Å². The minimum absolute atomic E-state index is 0. The van der Waals surface area contributed by atoms with Crippen molar-refractivity contribution < 1.29 is 17.9 Å². The Morgan fingerprint density at radius 2 is 1.92 bits per heavy atom. The van der Waals surface area contributed by atoms with Crippen LogP contribution in [0.3, 0.4) is 0 Å². The lowest BCUT2D eigenvalue weighted by molar-refractivity contribution is -0.274.